The molecule has 2 N–H and O–H groups in total. The van der Waals surface area contributed by atoms with Gasteiger partial charge in [-0.15, -0.1) is 4.91 Å². The van der Waals surface area contributed by atoms with Crippen molar-refractivity contribution in [1.29, 1.82) is 0 Å². The van der Waals surface area contributed by atoms with Crippen LogP contribution in [0.15, 0.2) is 5.18 Å². The van der Waals surface area contributed by atoms with Gasteiger partial charge in [-0.05, 0) is 74.9 Å². The Kier molecular flexibility index (Phi) is 4.12. The molecule has 1 aromatic rings. The van der Waals surface area contributed by atoms with E-state index in [0.717, 1.165) is 0 Å². The fourth-order valence-corrected chi connectivity index (χ4v) is 2.06. The maximum absolute atomic E-state index is 10.9. The number of benzene rings is 1. The van der Waals surface area contributed by atoms with Crippen LogP contribution < -0.4 is 0 Å². The van der Waals surface area contributed by atoms with Crippen molar-refractivity contribution in [2.45, 2.75) is 53.1 Å². The van der Waals surface area contributed by atoms with E-state index in [0.29, 0.717) is 40.8 Å². The Balaban J connectivity index is 3.27. The molecule has 0 fully saturated rings. The van der Waals surface area contributed by atoms with Crippen molar-refractivity contribution < 1.29 is 10.2 Å². The quantitative estimate of drug-likeness (QED) is 0.805. The molecular weight excluding hydrogens is 230 g/mol. The van der Waals surface area contributed by atoms with Crippen molar-refractivity contribution >= 4 is 5.69 Å². The van der Waals surface area contributed by atoms with E-state index in [1.807, 2.05) is 0 Å². The molecule has 0 spiro atoms. The molecule has 0 heterocycles. The molecule has 1 rings (SSSR count). The lowest BCUT2D eigenvalue weighted by Crippen LogP contribution is -2.19. The first kappa shape index (κ1) is 14.6. The summed E-state index contributed by atoms with van der Waals surface area (Å²) in [5, 5.41) is 22.9. The van der Waals surface area contributed by atoms with Gasteiger partial charge in [0, 0.05) is 0 Å². The topological polar surface area (TPSA) is 69.9 Å². The lowest BCUT2D eigenvalue weighted by Gasteiger charge is -2.20. The highest BCUT2D eigenvalue weighted by atomic mass is 16.3. The zero-order valence-electron chi connectivity index (χ0n) is 11.7. The Morgan fingerprint density at radius 1 is 1.11 bits per heavy atom. The minimum absolute atomic E-state index is 0.210. The molecule has 4 heteroatoms. The van der Waals surface area contributed by atoms with Gasteiger partial charge in [-0.2, -0.15) is 0 Å². The lowest BCUT2D eigenvalue weighted by atomic mass is 9.91. The summed E-state index contributed by atoms with van der Waals surface area (Å²) in [4.78, 5) is 10.9. The maximum atomic E-state index is 10.9. The Morgan fingerprint density at radius 3 is 2.11 bits per heavy atom. The Morgan fingerprint density at radius 2 is 1.67 bits per heavy atom. The molecule has 0 aliphatic carbocycles. The molecule has 0 unspecified atom stereocenters. The number of nitroso groups, excluding NO2 is 1. The molecule has 0 aliphatic heterocycles. The summed E-state index contributed by atoms with van der Waals surface area (Å²) < 4.78 is 0. The molecule has 100 valence electrons. The van der Waals surface area contributed by atoms with Gasteiger partial charge in [-0.25, -0.2) is 0 Å². The van der Waals surface area contributed by atoms with Crippen LogP contribution in [0.3, 0.4) is 0 Å². The van der Waals surface area contributed by atoms with Crippen LogP contribution in [0.2, 0.25) is 0 Å². The van der Waals surface area contributed by atoms with Crippen LogP contribution in [0, 0.1) is 25.7 Å². The number of phenolic OH excluding ortho intramolecular Hbond substituents is 1. The van der Waals surface area contributed by atoms with Gasteiger partial charge in [0.05, 0.1) is 5.60 Å². The predicted octanol–water partition coefficient (Wildman–Crippen LogP) is 3.42. The van der Waals surface area contributed by atoms with E-state index in [2.05, 4.69) is 5.18 Å². The van der Waals surface area contributed by atoms with Crippen LogP contribution in [-0.4, -0.2) is 15.8 Å². The maximum Gasteiger partial charge on any atom is 0.122 e. The molecule has 0 atom stereocenters. The van der Waals surface area contributed by atoms with Gasteiger partial charge in [0.2, 0.25) is 0 Å². The van der Waals surface area contributed by atoms with E-state index in [1.165, 1.54) is 0 Å². The third kappa shape index (κ3) is 2.88. The summed E-state index contributed by atoms with van der Waals surface area (Å²) in [7, 11) is 0. The van der Waals surface area contributed by atoms with E-state index in [1.54, 1.807) is 34.6 Å². The van der Waals surface area contributed by atoms with Gasteiger partial charge in [0.25, 0.3) is 0 Å². The third-order valence-electron chi connectivity index (χ3n) is 3.44. The first-order valence-electron chi connectivity index (χ1n) is 6.06. The fraction of sp³-hybridized carbons (Fsp3) is 0.571. The zero-order valence-corrected chi connectivity index (χ0v) is 11.7. The van der Waals surface area contributed by atoms with Crippen LogP contribution >= 0.6 is 0 Å². The van der Waals surface area contributed by atoms with E-state index < -0.39 is 5.60 Å². The lowest BCUT2D eigenvalue weighted by molar-refractivity contribution is 0.0712. The predicted molar refractivity (Wildman–Crippen MR) is 72.4 cm³/mol. The van der Waals surface area contributed by atoms with Crippen LogP contribution in [0.1, 0.15) is 42.5 Å². The van der Waals surface area contributed by atoms with Crippen LogP contribution in [0.25, 0.3) is 0 Å². The second kappa shape index (κ2) is 5.06. The minimum Gasteiger partial charge on any atom is -0.507 e. The van der Waals surface area contributed by atoms with Gasteiger partial charge in [-0.3, -0.25) is 0 Å². The number of aliphatic hydroxyl groups is 1. The molecule has 0 radical (unpaired) electrons. The summed E-state index contributed by atoms with van der Waals surface area (Å²) >= 11 is 0. The van der Waals surface area contributed by atoms with Crippen LogP contribution in [-0.2, 0) is 6.42 Å². The van der Waals surface area contributed by atoms with E-state index >= 15 is 0 Å². The van der Waals surface area contributed by atoms with Crippen LogP contribution in [0.4, 0.5) is 5.69 Å². The van der Waals surface area contributed by atoms with Crippen molar-refractivity contribution in [1.82, 2.24) is 0 Å². The van der Waals surface area contributed by atoms with Gasteiger partial charge >= 0.3 is 0 Å². The summed E-state index contributed by atoms with van der Waals surface area (Å²) in [5.74, 6) is 0.210. The average Bonchev–Trinajstić information content (AvgIpc) is 2.25. The van der Waals surface area contributed by atoms with E-state index in [-0.39, 0.29) is 5.75 Å². The molecule has 0 aliphatic rings. The minimum atomic E-state index is -0.799. The monoisotopic (exact) mass is 251 g/mol. The molecule has 0 aromatic heterocycles. The molecule has 4 nitrogen and oxygen atoms in total. The molecule has 0 bridgehead atoms. The standard InChI is InChI=1S/C14H21NO3/c1-8-9(2)13(16)11(6-7-14(4,5)17)10(3)12(8)15-18/h16-17H,6-7H2,1-5H3. The summed E-state index contributed by atoms with van der Waals surface area (Å²) in [6, 6.07) is 0. The second-order valence-electron chi connectivity index (χ2n) is 5.45. The summed E-state index contributed by atoms with van der Waals surface area (Å²) in [5.41, 5.74) is 2.40. The number of rotatable bonds is 4. The summed E-state index contributed by atoms with van der Waals surface area (Å²) in [6.07, 6.45) is 1.03. The van der Waals surface area contributed by atoms with Crippen molar-refractivity contribution in [3.8, 4) is 5.75 Å². The fourth-order valence-electron chi connectivity index (χ4n) is 2.06. The average molecular weight is 251 g/mol. The highest BCUT2D eigenvalue weighted by molar-refractivity contribution is 5.64. The number of nitrogens with zero attached hydrogens (tertiary/aromatic N) is 1. The van der Waals surface area contributed by atoms with Crippen molar-refractivity contribution in [3.05, 3.63) is 27.2 Å². The number of hydrogen-bond donors (Lipinski definition) is 2. The molecule has 0 amide bonds. The van der Waals surface area contributed by atoms with Gasteiger partial charge in [0.1, 0.15) is 11.4 Å². The number of hydrogen-bond acceptors (Lipinski definition) is 4. The highest BCUT2D eigenvalue weighted by Crippen LogP contribution is 2.38. The third-order valence-corrected chi connectivity index (χ3v) is 3.44. The summed E-state index contributed by atoms with van der Waals surface area (Å²) in [6.45, 7) is 8.77. The smallest absolute Gasteiger partial charge is 0.122 e. The molecule has 18 heavy (non-hydrogen) atoms. The first-order chi connectivity index (χ1) is 8.19. The second-order valence-corrected chi connectivity index (χ2v) is 5.45. The molecule has 0 saturated heterocycles. The Labute approximate surface area is 108 Å². The van der Waals surface area contributed by atoms with Crippen molar-refractivity contribution in [2.24, 2.45) is 5.18 Å². The van der Waals surface area contributed by atoms with Crippen molar-refractivity contribution in [3.63, 3.8) is 0 Å². The van der Waals surface area contributed by atoms with Gasteiger partial charge < -0.3 is 10.2 Å². The van der Waals surface area contributed by atoms with Crippen LogP contribution in [0.5, 0.6) is 5.75 Å². The van der Waals surface area contributed by atoms with E-state index in [9.17, 15) is 15.1 Å². The highest BCUT2D eigenvalue weighted by Gasteiger charge is 2.20. The van der Waals surface area contributed by atoms with Gasteiger partial charge in [-0.1, -0.05) is 0 Å². The van der Waals surface area contributed by atoms with E-state index in [4.69, 9.17) is 0 Å². The molecular formula is C14H21NO3. The molecule has 1 aromatic carbocycles. The van der Waals surface area contributed by atoms with Crippen molar-refractivity contribution in [2.75, 3.05) is 0 Å². The molecule has 0 saturated carbocycles. The van der Waals surface area contributed by atoms with Gasteiger partial charge in [0.15, 0.2) is 0 Å². The number of phenols is 1. The Hall–Kier alpha value is -1.42. The largest absolute Gasteiger partial charge is 0.507 e. The SMILES string of the molecule is Cc1c(C)c(N=O)c(C)c(CCC(C)(C)O)c1O. The first-order valence-corrected chi connectivity index (χ1v) is 6.06. The Bertz CT molecular complexity index is 473. The zero-order chi connectivity index (χ0) is 14.1. The normalized spacial score (nSPS) is 11.7. The number of aromatic hydroxyl groups is 1.